The van der Waals surface area contributed by atoms with Crippen LogP contribution in [-0.4, -0.2) is 21.8 Å². The number of benzene rings is 2. The fourth-order valence-corrected chi connectivity index (χ4v) is 3.33. The van der Waals surface area contributed by atoms with Crippen LogP contribution in [0.2, 0.25) is 5.15 Å². The van der Waals surface area contributed by atoms with Gasteiger partial charge in [0.1, 0.15) is 10.8 Å². The van der Waals surface area contributed by atoms with Crippen LogP contribution in [0.5, 0.6) is 0 Å². The number of amides is 1. The molecule has 0 saturated heterocycles. The molecule has 5 nitrogen and oxygen atoms in total. The molecule has 0 bridgehead atoms. The Kier molecular flexibility index (Phi) is 5.79. The number of nitrogens with one attached hydrogen (secondary N) is 1. The van der Waals surface area contributed by atoms with E-state index in [1.165, 1.54) is 0 Å². The first-order chi connectivity index (χ1) is 14.2. The van der Waals surface area contributed by atoms with Crippen molar-refractivity contribution in [2.24, 2.45) is 0 Å². The van der Waals surface area contributed by atoms with E-state index in [0.717, 1.165) is 16.5 Å². The highest BCUT2D eigenvalue weighted by molar-refractivity contribution is 6.32. The van der Waals surface area contributed by atoms with Crippen molar-refractivity contribution in [1.82, 2.24) is 9.97 Å². The van der Waals surface area contributed by atoms with Crippen LogP contribution in [0.3, 0.4) is 0 Å². The highest BCUT2D eigenvalue weighted by atomic mass is 35.5. The minimum absolute atomic E-state index is 0.187. The third kappa shape index (κ3) is 4.26. The number of oxazole rings is 1. The quantitative estimate of drug-likeness (QED) is 0.296. The Morgan fingerprint density at radius 3 is 2.59 bits per heavy atom. The summed E-state index contributed by atoms with van der Waals surface area (Å²) in [5.41, 5.74) is 2.69. The molecule has 0 spiro atoms. The van der Waals surface area contributed by atoms with Gasteiger partial charge in [-0.05, 0) is 18.6 Å². The van der Waals surface area contributed by atoms with E-state index in [0.29, 0.717) is 35.9 Å². The molecule has 0 aliphatic rings. The van der Waals surface area contributed by atoms with Crippen LogP contribution in [0.4, 0.5) is 5.88 Å². The van der Waals surface area contributed by atoms with E-state index in [1.807, 2.05) is 60.7 Å². The van der Waals surface area contributed by atoms with Gasteiger partial charge in [0.25, 0.3) is 0 Å². The summed E-state index contributed by atoms with van der Waals surface area (Å²) in [6.07, 6.45) is 0.877. The van der Waals surface area contributed by atoms with Crippen LogP contribution < -0.4 is 5.32 Å². The summed E-state index contributed by atoms with van der Waals surface area (Å²) in [6, 6.07) is 19.0. The van der Waals surface area contributed by atoms with Crippen LogP contribution in [0, 0.1) is 0 Å². The fraction of sp³-hybridized carbons (Fsp3) is 0.136. The second-order valence-corrected chi connectivity index (χ2v) is 7.16. The molecule has 1 amide bonds. The molecule has 29 heavy (non-hydrogen) atoms. The number of rotatable bonds is 6. The van der Waals surface area contributed by atoms with E-state index in [2.05, 4.69) is 15.3 Å². The van der Waals surface area contributed by atoms with Crippen LogP contribution in [-0.2, 0) is 4.79 Å². The molecular weight excluding hydrogens is 409 g/mol. The van der Waals surface area contributed by atoms with Gasteiger partial charge in [-0.2, -0.15) is 0 Å². The Balaban J connectivity index is 1.79. The number of carbonyl (C=O) groups excluding carboxylic acids is 1. The standard InChI is InChI=1S/C22H17Cl2N3O2/c23-12-6-11-18(28)26-22-19(14-7-2-1-3-8-14)27-21(29-22)16-13-15-9-4-5-10-17(15)25-20(16)24/h1-5,7-10,13H,6,11-12H2,(H,26,28). The van der Waals surface area contributed by atoms with E-state index in [-0.39, 0.29) is 16.9 Å². The minimum Gasteiger partial charge on any atom is -0.419 e. The van der Waals surface area contributed by atoms with Gasteiger partial charge in [0.2, 0.25) is 17.7 Å². The normalized spacial score (nSPS) is 11.0. The molecule has 0 unspecified atom stereocenters. The summed E-state index contributed by atoms with van der Waals surface area (Å²) in [5.74, 6) is 0.793. The third-order valence-corrected chi connectivity index (χ3v) is 4.93. The molecule has 0 saturated carbocycles. The lowest BCUT2D eigenvalue weighted by atomic mass is 10.1. The molecule has 4 rings (SSSR count). The number of halogens is 2. The summed E-state index contributed by atoms with van der Waals surface area (Å²) >= 11 is 12.1. The van der Waals surface area contributed by atoms with Gasteiger partial charge in [0.15, 0.2) is 0 Å². The molecule has 0 aliphatic carbocycles. The number of nitrogens with zero attached hydrogens (tertiary/aromatic N) is 2. The molecule has 2 aromatic carbocycles. The molecule has 0 fully saturated rings. The fourth-order valence-electron chi connectivity index (χ4n) is 2.97. The molecule has 0 atom stereocenters. The zero-order valence-corrected chi connectivity index (χ0v) is 16.9. The summed E-state index contributed by atoms with van der Waals surface area (Å²) in [5, 5.41) is 4.00. The third-order valence-electron chi connectivity index (χ3n) is 4.37. The lowest BCUT2D eigenvalue weighted by Gasteiger charge is -2.03. The van der Waals surface area contributed by atoms with Crippen LogP contribution in [0.15, 0.2) is 65.1 Å². The van der Waals surface area contributed by atoms with E-state index >= 15 is 0 Å². The molecule has 146 valence electrons. The molecule has 2 heterocycles. The summed E-state index contributed by atoms with van der Waals surface area (Å²) in [6.45, 7) is 0. The Morgan fingerprint density at radius 1 is 1.03 bits per heavy atom. The first-order valence-corrected chi connectivity index (χ1v) is 10.0. The minimum atomic E-state index is -0.187. The maximum absolute atomic E-state index is 12.2. The predicted molar refractivity (Wildman–Crippen MR) is 116 cm³/mol. The van der Waals surface area contributed by atoms with E-state index < -0.39 is 0 Å². The number of aromatic nitrogens is 2. The Labute approximate surface area is 177 Å². The number of alkyl halides is 1. The molecule has 7 heteroatoms. The van der Waals surface area contributed by atoms with Crippen molar-refractivity contribution in [3.63, 3.8) is 0 Å². The Hall–Kier alpha value is -2.89. The average Bonchev–Trinajstić information content (AvgIpc) is 3.15. The van der Waals surface area contributed by atoms with E-state index in [1.54, 1.807) is 0 Å². The van der Waals surface area contributed by atoms with Crippen molar-refractivity contribution >= 4 is 45.9 Å². The van der Waals surface area contributed by atoms with Crippen LogP contribution in [0.1, 0.15) is 12.8 Å². The first-order valence-electron chi connectivity index (χ1n) is 9.13. The number of hydrogen-bond acceptors (Lipinski definition) is 4. The van der Waals surface area contributed by atoms with Crippen molar-refractivity contribution < 1.29 is 9.21 Å². The number of hydrogen-bond donors (Lipinski definition) is 1. The highest BCUT2D eigenvalue weighted by Gasteiger charge is 2.20. The second kappa shape index (κ2) is 8.64. The van der Waals surface area contributed by atoms with Gasteiger partial charge in [0, 0.05) is 23.3 Å². The van der Waals surface area contributed by atoms with Gasteiger partial charge >= 0.3 is 0 Å². The van der Waals surface area contributed by atoms with E-state index in [4.69, 9.17) is 27.6 Å². The Morgan fingerprint density at radius 2 is 1.79 bits per heavy atom. The number of pyridine rings is 1. The second-order valence-electron chi connectivity index (χ2n) is 6.42. The van der Waals surface area contributed by atoms with Crippen molar-refractivity contribution in [1.29, 1.82) is 0 Å². The van der Waals surface area contributed by atoms with Crippen molar-refractivity contribution in [3.05, 3.63) is 65.8 Å². The van der Waals surface area contributed by atoms with Crippen LogP contribution >= 0.6 is 23.2 Å². The van der Waals surface area contributed by atoms with Crippen molar-refractivity contribution in [2.45, 2.75) is 12.8 Å². The van der Waals surface area contributed by atoms with Crippen molar-refractivity contribution in [2.75, 3.05) is 11.2 Å². The van der Waals surface area contributed by atoms with Gasteiger partial charge in [-0.25, -0.2) is 9.97 Å². The molecular formula is C22H17Cl2N3O2. The van der Waals surface area contributed by atoms with E-state index in [9.17, 15) is 4.79 Å². The topological polar surface area (TPSA) is 68.0 Å². The van der Waals surface area contributed by atoms with Gasteiger partial charge in [-0.3, -0.25) is 10.1 Å². The molecule has 0 radical (unpaired) electrons. The van der Waals surface area contributed by atoms with Crippen LogP contribution in [0.25, 0.3) is 33.6 Å². The number of anilines is 1. The molecule has 0 aliphatic heterocycles. The maximum atomic E-state index is 12.2. The SMILES string of the molecule is O=C(CCCCl)Nc1oc(-c2cc3ccccc3nc2Cl)nc1-c1ccccc1. The number of fused-ring (bicyclic) bond motifs is 1. The summed E-state index contributed by atoms with van der Waals surface area (Å²) in [4.78, 5) is 21.3. The molecule has 4 aromatic rings. The van der Waals surface area contributed by atoms with Crippen molar-refractivity contribution in [3.8, 4) is 22.7 Å². The Bertz CT molecular complexity index is 1160. The van der Waals surface area contributed by atoms with Gasteiger partial charge < -0.3 is 4.42 Å². The predicted octanol–water partition coefficient (Wildman–Crippen LogP) is 6.17. The monoisotopic (exact) mass is 425 g/mol. The zero-order valence-electron chi connectivity index (χ0n) is 15.4. The lowest BCUT2D eigenvalue weighted by molar-refractivity contribution is -0.116. The zero-order chi connectivity index (χ0) is 20.2. The number of carbonyl (C=O) groups is 1. The largest absolute Gasteiger partial charge is 0.419 e. The maximum Gasteiger partial charge on any atom is 0.232 e. The van der Waals surface area contributed by atoms with Gasteiger partial charge in [-0.15, -0.1) is 11.6 Å². The smallest absolute Gasteiger partial charge is 0.232 e. The average molecular weight is 426 g/mol. The highest BCUT2D eigenvalue weighted by Crippen LogP contribution is 2.36. The lowest BCUT2D eigenvalue weighted by Crippen LogP contribution is -2.11. The molecule has 1 N–H and O–H groups in total. The number of para-hydroxylation sites is 1. The first kappa shape index (κ1) is 19.4. The van der Waals surface area contributed by atoms with Gasteiger partial charge in [0.05, 0.1) is 11.1 Å². The van der Waals surface area contributed by atoms with Gasteiger partial charge in [-0.1, -0.05) is 60.1 Å². The molecule has 2 aromatic heterocycles. The summed E-state index contributed by atoms with van der Waals surface area (Å²) < 4.78 is 5.94. The summed E-state index contributed by atoms with van der Waals surface area (Å²) in [7, 11) is 0.